The quantitative estimate of drug-likeness (QED) is 0.618. The SMILES string of the molecule is CC(N)=NC(=NCC(F)(F)F)c1cn2c(n1)-c1cnc(N)cc1OCC2. The van der Waals surface area contributed by atoms with Crippen LogP contribution in [0.4, 0.5) is 19.0 Å². The molecule has 2 aromatic rings. The summed E-state index contributed by atoms with van der Waals surface area (Å²) in [5.74, 6) is 1.16. The third kappa shape index (κ3) is 3.92. The molecule has 0 aromatic carbocycles. The summed E-state index contributed by atoms with van der Waals surface area (Å²) < 4.78 is 45.0. The van der Waals surface area contributed by atoms with Crippen LogP contribution in [0, 0.1) is 0 Å². The van der Waals surface area contributed by atoms with Crippen LogP contribution < -0.4 is 16.2 Å². The van der Waals surface area contributed by atoms with E-state index < -0.39 is 12.7 Å². The van der Waals surface area contributed by atoms with Crippen LogP contribution in [0.2, 0.25) is 0 Å². The molecule has 11 heteroatoms. The number of alkyl halides is 3. The molecule has 3 rings (SSSR count). The van der Waals surface area contributed by atoms with E-state index in [4.69, 9.17) is 16.2 Å². The molecule has 8 nitrogen and oxygen atoms in total. The average molecular weight is 367 g/mol. The number of imidazole rings is 1. The Labute approximate surface area is 146 Å². The van der Waals surface area contributed by atoms with Crippen molar-refractivity contribution in [2.75, 3.05) is 18.9 Å². The van der Waals surface area contributed by atoms with E-state index in [2.05, 4.69) is 20.0 Å². The third-order valence-electron chi connectivity index (χ3n) is 3.41. The van der Waals surface area contributed by atoms with E-state index in [1.807, 2.05) is 0 Å². The Balaban J connectivity index is 2.06. The summed E-state index contributed by atoms with van der Waals surface area (Å²) in [4.78, 5) is 15.8. The molecule has 0 saturated heterocycles. The highest BCUT2D eigenvalue weighted by Gasteiger charge is 2.28. The Hall–Kier alpha value is -3.11. The highest BCUT2D eigenvalue weighted by Crippen LogP contribution is 2.32. The molecule has 1 aliphatic rings. The molecule has 0 spiro atoms. The molecule has 2 aromatic heterocycles. The number of halogens is 3. The van der Waals surface area contributed by atoms with Gasteiger partial charge in [-0.15, -0.1) is 0 Å². The number of pyridine rings is 1. The zero-order chi connectivity index (χ0) is 18.9. The second kappa shape index (κ2) is 6.65. The molecule has 0 amide bonds. The number of fused-ring (bicyclic) bond motifs is 3. The summed E-state index contributed by atoms with van der Waals surface area (Å²) in [5.41, 5.74) is 11.9. The van der Waals surface area contributed by atoms with Crippen LogP contribution >= 0.6 is 0 Å². The van der Waals surface area contributed by atoms with Gasteiger partial charge in [-0.05, 0) is 6.92 Å². The summed E-state index contributed by atoms with van der Waals surface area (Å²) in [7, 11) is 0. The molecule has 3 heterocycles. The molecule has 4 N–H and O–H groups in total. The smallest absolute Gasteiger partial charge is 0.408 e. The minimum absolute atomic E-state index is 0.0762. The van der Waals surface area contributed by atoms with Crippen molar-refractivity contribution in [2.45, 2.75) is 19.6 Å². The fourth-order valence-electron chi connectivity index (χ4n) is 2.41. The van der Waals surface area contributed by atoms with Crippen LogP contribution in [0.3, 0.4) is 0 Å². The van der Waals surface area contributed by atoms with Crippen molar-refractivity contribution in [3.63, 3.8) is 0 Å². The van der Waals surface area contributed by atoms with Gasteiger partial charge in [0.15, 0.2) is 5.84 Å². The lowest BCUT2D eigenvalue weighted by Gasteiger charge is -2.06. The van der Waals surface area contributed by atoms with Gasteiger partial charge in [0.25, 0.3) is 0 Å². The zero-order valence-electron chi connectivity index (χ0n) is 13.8. The summed E-state index contributed by atoms with van der Waals surface area (Å²) >= 11 is 0. The van der Waals surface area contributed by atoms with Gasteiger partial charge in [0.2, 0.25) is 0 Å². The van der Waals surface area contributed by atoms with Crippen LogP contribution in [0.5, 0.6) is 5.75 Å². The van der Waals surface area contributed by atoms with E-state index in [-0.39, 0.29) is 17.4 Å². The van der Waals surface area contributed by atoms with E-state index >= 15 is 0 Å². The molecule has 0 radical (unpaired) electrons. The molecule has 0 saturated carbocycles. The van der Waals surface area contributed by atoms with Gasteiger partial charge in [0, 0.05) is 18.5 Å². The van der Waals surface area contributed by atoms with Crippen molar-refractivity contribution in [1.29, 1.82) is 0 Å². The summed E-state index contributed by atoms with van der Waals surface area (Å²) in [6.45, 7) is 0.862. The molecule has 1 aliphatic heterocycles. The number of anilines is 1. The number of nitrogens with zero attached hydrogens (tertiary/aromatic N) is 5. The molecule has 0 fully saturated rings. The van der Waals surface area contributed by atoms with Gasteiger partial charge in [-0.2, -0.15) is 13.2 Å². The number of hydrogen-bond acceptors (Lipinski definition) is 5. The largest absolute Gasteiger partial charge is 0.491 e. The van der Waals surface area contributed by atoms with Crippen molar-refractivity contribution in [1.82, 2.24) is 14.5 Å². The molecule has 0 bridgehead atoms. The van der Waals surface area contributed by atoms with Crippen LogP contribution in [-0.4, -0.2) is 45.5 Å². The van der Waals surface area contributed by atoms with Gasteiger partial charge in [0.05, 0.1) is 17.9 Å². The number of aliphatic imine (C=N–C) groups is 2. The molecule has 0 unspecified atom stereocenters. The number of ether oxygens (including phenoxy) is 1. The first kappa shape index (κ1) is 17.7. The lowest BCUT2D eigenvalue weighted by Crippen LogP contribution is -2.16. The Bertz CT molecular complexity index is 882. The predicted octanol–water partition coefficient (Wildman–Crippen LogP) is 1.61. The molecule has 0 aliphatic carbocycles. The Kier molecular flexibility index (Phi) is 4.53. The van der Waals surface area contributed by atoms with Crippen molar-refractivity contribution in [3.05, 3.63) is 24.2 Å². The lowest BCUT2D eigenvalue weighted by molar-refractivity contribution is -0.118. The predicted molar refractivity (Wildman–Crippen MR) is 90.1 cm³/mol. The number of nitrogen functional groups attached to an aromatic ring is 1. The van der Waals surface area contributed by atoms with Crippen molar-refractivity contribution >= 4 is 17.5 Å². The van der Waals surface area contributed by atoms with Gasteiger partial charge in [0.1, 0.15) is 36.2 Å². The zero-order valence-corrected chi connectivity index (χ0v) is 13.8. The molecule has 26 heavy (non-hydrogen) atoms. The van der Waals surface area contributed by atoms with Gasteiger partial charge < -0.3 is 20.8 Å². The van der Waals surface area contributed by atoms with Gasteiger partial charge >= 0.3 is 6.18 Å². The van der Waals surface area contributed by atoms with Crippen molar-refractivity contribution < 1.29 is 17.9 Å². The highest BCUT2D eigenvalue weighted by atomic mass is 19.4. The first-order chi connectivity index (χ1) is 12.2. The van der Waals surface area contributed by atoms with E-state index in [0.29, 0.717) is 36.1 Å². The van der Waals surface area contributed by atoms with E-state index in [1.54, 1.807) is 16.8 Å². The maximum atomic E-state index is 12.5. The van der Waals surface area contributed by atoms with Gasteiger partial charge in [-0.1, -0.05) is 0 Å². The topological polar surface area (TPSA) is 117 Å². The fourth-order valence-corrected chi connectivity index (χ4v) is 2.41. The second-order valence-corrected chi connectivity index (χ2v) is 5.61. The number of rotatable bonds is 2. The summed E-state index contributed by atoms with van der Waals surface area (Å²) in [5, 5.41) is 0. The van der Waals surface area contributed by atoms with E-state index in [1.165, 1.54) is 13.1 Å². The second-order valence-electron chi connectivity index (χ2n) is 5.61. The Morgan fingerprint density at radius 2 is 2.19 bits per heavy atom. The van der Waals surface area contributed by atoms with Gasteiger partial charge in [-0.25, -0.2) is 15.0 Å². The molecule has 138 valence electrons. The number of hydrogen-bond donors (Lipinski definition) is 2. The third-order valence-corrected chi connectivity index (χ3v) is 3.41. The van der Waals surface area contributed by atoms with Gasteiger partial charge in [-0.3, -0.25) is 4.99 Å². The number of amidine groups is 2. The average Bonchev–Trinajstić information content (AvgIpc) is 2.87. The Morgan fingerprint density at radius 3 is 2.88 bits per heavy atom. The first-order valence-corrected chi connectivity index (χ1v) is 7.61. The van der Waals surface area contributed by atoms with Crippen molar-refractivity contribution in [2.24, 2.45) is 15.7 Å². The minimum Gasteiger partial charge on any atom is -0.491 e. The van der Waals surface area contributed by atoms with Crippen molar-refractivity contribution in [3.8, 4) is 17.1 Å². The minimum atomic E-state index is -4.46. The van der Waals surface area contributed by atoms with Crippen LogP contribution in [-0.2, 0) is 6.54 Å². The van der Waals surface area contributed by atoms with Crippen LogP contribution in [0.1, 0.15) is 12.6 Å². The highest BCUT2D eigenvalue weighted by molar-refractivity contribution is 6.04. The summed E-state index contributed by atoms with van der Waals surface area (Å²) in [6, 6.07) is 1.57. The molecule has 0 atom stereocenters. The Morgan fingerprint density at radius 1 is 1.42 bits per heavy atom. The molecular formula is C15H16F3N7O. The van der Waals surface area contributed by atoms with E-state index in [0.717, 1.165) is 0 Å². The van der Waals surface area contributed by atoms with E-state index in [9.17, 15) is 13.2 Å². The fraction of sp³-hybridized carbons (Fsp3) is 0.333. The van der Waals surface area contributed by atoms with Crippen LogP contribution in [0.25, 0.3) is 11.4 Å². The first-order valence-electron chi connectivity index (χ1n) is 7.61. The molecular weight excluding hydrogens is 351 g/mol. The standard InChI is InChI=1S/C15H16F3N7O/c1-8(19)23-13(22-7-15(16,17)18)10-6-25-2-3-26-11-4-12(20)21-5-9(11)14(25)24-10/h4-6H,2-3,7H2,1H3,(H2,20,21)(H2,19,22,23). The lowest BCUT2D eigenvalue weighted by atomic mass is 10.2. The summed E-state index contributed by atoms with van der Waals surface area (Å²) in [6.07, 6.45) is -1.39. The monoisotopic (exact) mass is 367 g/mol. The normalized spacial score (nSPS) is 15.1. The maximum Gasteiger partial charge on any atom is 0.408 e. The maximum absolute atomic E-state index is 12.5. The van der Waals surface area contributed by atoms with Crippen LogP contribution in [0.15, 0.2) is 28.4 Å². The number of nitrogens with two attached hydrogens (primary N) is 2. The number of aromatic nitrogens is 3.